The summed E-state index contributed by atoms with van der Waals surface area (Å²) < 4.78 is 31.7. The zero-order chi connectivity index (χ0) is 21.9. The lowest BCUT2D eigenvalue weighted by molar-refractivity contribution is 0.0600. The van der Waals surface area contributed by atoms with Gasteiger partial charge in [-0.3, -0.25) is 4.79 Å². The number of carbonyl (C=O) groups is 2. The van der Waals surface area contributed by atoms with E-state index in [4.69, 9.17) is 23.2 Å². The Morgan fingerprint density at radius 2 is 1.43 bits per heavy atom. The minimum absolute atomic E-state index is 0.00745. The lowest BCUT2D eigenvalue weighted by Crippen LogP contribution is -2.30. The van der Waals surface area contributed by atoms with Crippen LogP contribution >= 0.6 is 23.2 Å². The van der Waals surface area contributed by atoms with Crippen molar-refractivity contribution in [1.82, 2.24) is 4.72 Å². The van der Waals surface area contributed by atoms with E-state index in [1.165, 1.54) is 37.4 Å². The van der Waals surface area contributed by atoms with Gasteiger partial charge >= 0.3 is 5.97 Å². The van der Waals surface area contributed by atoms with Crippen LogP contribution in [-0.4, -0.2) is 27.4 Å². The van der Waals surface area contributed by atoms with E-state index in [0.29, 0.717) is 10.6 Å². The number of esters is 1. The Labute approximate surface area is 183 Å². The predicted molar refractivity (Wildman–Crippen MR) is 114 cm³/mol. The standard InChI is InChI=1S/C21H15Cl2NO5S/c1-29-21(26)15-4-2-13(3-5-15)14-6-9-17(10-7-14)30(27,28)24-20(25)18-11-8-16(22)12-19(18)23/h2-12H,1H3,(H,24,25). The number of carbonyl (C=O) groups excluding carboxylic acids is 2. The molecule has 0 heterocycles. The second-order valence-electron chi connectivity index (χ2n) is 6.15. The third-order valence-electron chi connectivity index (χ3n) is 4.21. The number of ether oxygens (including phenoxy) is 1. The van der Waals surface area contributed by atoms with Crippen LogP contribution in [0.5, 0.6) is 0 Å². The molecule has 0 aliphatic heterocycles. The molecule has 154 valence electrons. The predicted octanol–water partition coefficient (Wildman–Crippen LogP) is 4.57. The molecule has 0 saturated heterocycles. The van der Waals surface area contributed by atoms with Crippen LogP contribution in [0.2, 0.25) is 10.0 Å². The molecule has 0 radical (unpaired) electrons. The third-order valence-corrected chi connectivity index (χ3v) is 6.10. The van der Waals surface area contributed by atoms with Crippen LogP contribution in [0, 0.1) is 0 Å². The fourth-order valence-corrected chi connectivity index (χ4v) is 4.11. The molecule has 0 fully saturated rings. The molecule has 9 heteroatoms. The van der Waals surface area contributed by atoms with Gasteiger partial charge in [0.2, 0.25) is 0 Å². The van der Waals surface area contributed by atoms with Gasteiger partial charge in [-0.2, -0.15) is 0 Å². The molecule has 0 aliphatic carbocycles. The van der Waals surface area contributed by atoms with Gasteiger partial charge in [0.1, 0.15) is 0 Å². The Bertz CT molecular complexity index is 1210. The summed E-state index contributed by atoms with van der Waals surface area (Å²) in [6.07, 6.45) is 0. The van der Waals surface area contributed by atoms with Gasteiger partial charge in [-0.05, 0) is 53.6 Å². The van der Waals surface area contributed by atoms with Crippen molar-refractivity contribution in [1.29, 1.82) is 0 Å². The lowest BCUT2D eigenvalue weighted by Gasteiger charge is -2.09. The summed E-state index contributed by atoms with van der Waals surface area (Å²) in [7, 11) is -2.81. The van der Waals surface area contributed by atoms with Crippen LogP contribution in [0.1, 0.15) is 20.7 Å². The number of hydrogen-bond acceptors (Lipinski definition) is 5. The number of sulfonamides is 1. The van der Waals surface area contributed by atoms with Crippen molar-refractivity contribution in [2.45, 2.75) is 4.90 Å². The summed E-state index contributed by atoms with van der Waals surface area (Å²) in [5.74, 6) is -1.31. The second kappa shape index (κ2) is 8.87. The van der Waals surface area contributed by atoms with Gasteiger partial charge in [0.15, 0.2) is 0 Å². The minimum atomic E-state index is -4.11. The molecule has 0 spiro atoms. The summed E-state index contributed by atoms with van der Waals surface area (Å²) in [5, 5.41) is 0.371. The largest absolute Gasteiger partial charge is 0.465 e. The second-order valence-corrected chi connectivity index (χ2v) is 8.68. The van der Waals surface area contributed by atoms with E-state index in [1.807, 2.05) is 4.72 Å². The van der Waals surface area contributed by atoms with Crippen LogP contribution in [0.3, 0.4) is 0 Å². The van der Waals surface area contributed by atoms with Crippen molar-refractivity contribution >= 4 is 45.1 Å². The highest BCUT2D eigenvalue weighted by molar-refractivity contribution is 7.90. The van der Waals surface area contributed by atoms with E-state index in [0.717, 1.165) is 11.1 Å². The average molecular weight is 464 g/mol. The molecule has 1 N–H and O–H groups in total. The molecular weight excluding hydrogens is 449 g/mol. The van der Waals surface area contributed by atoms with Gasteiger partial charge < -0.3 is 4.74 Å². The van der Waals surface area contributed by atoms with Gasteiger partial charge in [-0.25, -0.2) is 17.9 Å². The molecule has 0 aliphatic rings. The van der Waals surface area contributed by atoms with Gasteiger partial charge in [-0.1, -0.05) is 47.5 Å². The van der Waals surface area contributed by atoms with E-state index in [1.54, 1.807) is 36.4 Å². The van der Waals surface area contributed by atoms with Crippen LogP contribution in [0.15, 0.2) is 71.6 Å². The van der Waals surface area contributed by atoms with Crippen molar-refractivity contribution in [3.63, 3.8) is 0 Å². The Kier molecular flexibility index (Phi) is 6.45. The van der Waals surface area contributed by atoms with E-state index < -0.39 is 21.9 Å². The van der Waals surface area contributed by atoms with Crippen LogP contribution < -0.4 is 4.72 Å². The number of hydrogen-bond donors (Lipinski definition) is 1. The van der Waals surface area contributed by atoms with Gasteiger partial charge in [0.05, 0.1) is 28.2 Å². The van der Waals surface area contributed by atoms with Crippen LogP contribution in [-0.2, 0) is 14.8 Å². The lowest BCUT2D eigenvalue weighted by atomic mass is 10.0. The summed E-state index contributed by atoms with van der Waals surface area (Å²) in [4.78, 5) is 23.7. The fourth-order valence-electron chi connectivity index (χ4n) is 2.65. The first-order valence-electron chi connectivity index (χ1n) is 8.52. The SMILES string of the molecule is COC(=O)c1ccc(-c2ccc(S(=O)(=O)NC(=O)c3ccc(Cl)cc3Cl)cc2)cc1. The zero-order valence-corrected chi connectivity index (χ0v) is 17.9. The summed E-state index contributed by atoms with van der Waals surface area (Å²) in [5.41, 5.74) is 1.91. The topological polar surface area (TPSA) is 89.5 Å². The number of rotatable bonds is 5. The monoisotopic (exact) mass is 463 g/mol. The number of nitrogens with one attached hydrogen (secondary N) is 1. The molecule has 0 saturated carbocycles. The molecular formula is C21H15Cl2NO5S. The molecule has 30 heavy (non-hydrogen) atoms. The number of benzene rings is 3. The molecule has 3 rings (SSSR count). The van der Waals surface area contributed by atoms with E-state index >= 15 is 0 Å². The van der Waals surface area contributed by atoms with Crippen molar-refractivity contribution in [3.8, 4) is 11.1 Å². The highest BCUT2D eigenvalue weighted by atomic mass is 35.5. The first-order valence-corrected chi connectivity index (χ1v) is 10.8. The van der Waals surface area contributed by atoms with Crippen molar-refractivity contribution in [3.05, 3.63) is 87.9 Å². The number of halogens is 2. The smallest absolute Gasteiger partial charge is 0.337 e. The van der Waals surface area contributed by atoms with Crippen molar-refractivity contribution in [2.24, 2.45) is 0 Å². The molecule has 0 unspecified atom stereocenters. The summed E-state index contributed by atoms with van der Waals surface area (Å²) in [6, 6.07) is 16.8. The molecule has 1 amide bonds. The fraction of sp³-hybridized carbons (Fsp3) is 0.0476. The Morgan fingerprint density at radius 1 is 0.867 bits per heavy atom. The average Bonchev–Trinajstić information content (AvgIpc) is 2.73. The highest BCUT2D eigenvalue weighted by Crippen LogP contribution is 2.24. The number of methoxy groups -OCH3 is 1. The third kappa shape index (κ3) is 4.81. The zero-order valence-electron chi connectivity index (χ0n) is 15.6. The summed E-state index contributed by atoms with van der Waals surface area (Å²) in [6.45, 7) is 0. The quantitative estimate of drug-likeness (QED) is 0.559. The van der Waals surface area contributed by atoms with E-state index in [2.05, 4.69) is 4.74 Å². The molecule has 0 bridgehead atoms. The Balaban J connectivity index is 1.79. The van der Waals surface area contributed by atoms with Crippen molar-refractivity contribution < 1.29 is 22.7 Å². The van der Waals surface area contributed by atoms with E-state index in [9.17, 15) is 18.0 Å². The molecule has 3 aromatic carbocycles. The van der Waals surface area contributed by atoms with Gasteiger partial charge in [-0.15, -0.1) is 0 Å². The first-order chi connectivity index (χ1) is 14.2. The molecule has 3 aromatic rings. The van der Waals surface area contributed by atoms with Crippen LogP contribution in [0.4, 0.5) is 0 Å². The highest BCUT2D eigenvalue weighted by Gasteiger charge is 2.20. The van der Waals surface area contributed by atoms with Gasteiger partial charge in [0.25, 0.3) is 15.9 Å². The maximum atomic E-state index is 12.5. The maximum absolute atomic E-state index is 12.5. The minimum Gasteiger partial charge on any atom is -0.465 e. The molecule has 6 nitrogen and oxygen atoms in total. The summed E-state index contributed by atoms with van der Waals surface area (Å²) >= 11 is 11.7. The van der Waals surface area contributed by atoms with Gasteiger partial charge in [0, 0.05) is 5.02 Å². The van der Waals surface area contributed by atoms with Crippen molar-refractivity contribution in [2.75, 3.05) is 7.11 Å². The molecule has 0 atom stereocenters. The number of amides is 1. The van der Waals surface area contributed by atoms with Crippen LogP contribution in [0.25, 0.3) is 11.1 Å². The molecule has 0 aromatic heterocycles. The Hall–Kier alpha value is -2.87. The Morgan fingerprint density at radius 3 is 1.97 bits per heavy atom. The normalized spacial score (nSPS) is 11.0. The van der Waals surface area contributed by atoms with E-state index in [-0.39, 0.29) is 15.5 Å². The first kappa shape index (κ1) is 21.8. The maximum Gasteiger partial charge on any atom is 0.337 e.